The number of hydrogen-bond donors (Lipinski definition) is 1. The lowest BCUT2D eigenvalue weighted by molar-refractivity contribution is -0.145. The average molecular weight is 284 g/mol. The Morgan fingerprint density at radius 3 is 2.30 bits per heavy atom. The number of amides is 2. The molecule has 6 nitrogen and oxygen atoms in total. The topological polar surface area (TPSA) is 70.1 Å². The molecule has 0 aromatic heterocycles. The van der Waals surface area contributed by atoms with Crippen molar-refractivity contribution in [1.29, 1.82) is 0 Å². The fourth-order valence-electron chi connectivity index (χ4n) is 3.29. The van der Waals surface area contributed by atoms with Gasteiger partial charge in [-0.05, 0) is 32.6 Å². The van der Waals surface area contributed by atoms with Crippen LogP contribution in [0.2, 0.25) is 0 Å². The Hall–Kier alpha value is -1.30. The van der Waals surface area contributed by atoms with Gasteiger partial charge in [-0.1, -0.05) is 6.92 Å². The second-order valence-electron chi connectivity index (χ2n) is 6.04. The van der Waals surface area contributed by atoms with Gasteiger partial charge in [0.1, 0.15) is 6.04 Å². The predicted octanol–water partition coefficient (Wildman–Crippen LogP) is 1.40. The molecule has 114 valence electrons. The van der Waals surface area contributed by atoms with Gasteiger partial charge in [-0.2, -0.15) is 0 Å². The summed E-state index contributed by atoms with van der Waals surface area (Å²) in [6, 6.07) is -0.865. The number of urea groups is 1. The summed E-state index contributed by atoms with van der Waals surface area (Å²) < 4.78 is 5.62. The lowest BCUT2D eigenvalue weighted by Gasteiger charge is -2.43. The Morgan fingerprint density at radius 2 is 1.75 bits per heavy atom. The maximum absolute atomic E-state index is 12.6. The number of carbonyl (C=O) groups is 2. The summed E-state index contributed by atoms with van der Waals surface area (Å²) in [7, 11) is 0. The van der Waals surface area contributed by atoms with E-state index in [0.29, 0.717) is 19.6 Å². The smallest absolute Gasteiger partial charge is 0.326 e. The highest BCUT2D eigenvalue weighted by Crippen LogP contribution is 2.25. The van der Waals surface area contributed by atoms with E-state index in [0.717, 1.165) is 12.8 Å². The standard InChI is InChI=1S/C14H24N2O4/c1-9-5-4-6-16(12(9)13(17)18)14(19)15-7-10(2)20-11(3)8-15/h9-12H,4-8H2,1-3H3,(H,17,18). The van der Waals surface area contributed by atoms with Gasteiger partial charge in [0.05, 0.1) is 12.2 Å². The van der Waals surface area contributed by atoms with Crippen molar-refractivity contribution < 1.29 is 19.4 Å². The molecule has 0 aromatic rings. The van der Waals surface area contributed by atoms with Crippen LogP contribution in [0.1, 0.15) is 33.6 Å². The molecule has 0 aliphatic carbocycles. The van der Waals surface area contributed by atoms with Crippen molar-refractivity contribution in [3.8, 4) is 0 Å². The zero-order valence-electron chi connectivity index (χ0n) is 12.4. The molecule has 4 unspecified atom stereocenters. The molecule has 2 heterocycles. The number of hydrogen-bond acceptors (Lipinski definition) is 3. The van der Waals surface area contributed by atoms with Crippen LogP contribution in [0.15, 0.2) is 0 Å². The highest BCUT2D eigenvalue weighted by atomic mass is 16.5. The van der Waals surface area contributed by atoms with E-state index in [4.69, 9.17) is 4.74 Å². The van der Waals surface area contributed by atoms with Crippen LogP contribution in [0.3, 0.4) is 0 Å². The molecule has 2 fully saturated rings. The normalized spacial score (nSPS) is 35.0. The van der Waals surface area contributed by atoms with Gasteiger partial charge in [0.15, 0.2) is 0 Å². The lowest BCUT2D eigenvalue weighted by Crippen LogP contribution is -2.59. The second kappa shape index (κ2) is 5.99. The number of likely N-dealkylation sites (tertiary alicyclic amines) is 1. The molecule has 0 bridgehead atoms. The Bertz CT molecular complexity index is 377. The van der Waals surface area contributed by atoms with E-state index < -0.39 is 12.0 Å². The fourth-order valence-corrected chi connectivity index (χ4v) is 3.29. The molecule has 0 radical (unpaired) electrons. The van der Waals surface area contributed by atoms with Gasteiger partial charge < -0.3 is 19.6 Å². The summed E-state index contributed by atoms with van der Waals surface area (Å²) in [4.78, 5) is 27.3. The molecule has 1 N–H and O–H groups in total. The number of aliphatic carboxylic acids is 1. The van der Waals surface area contributed by atoms with Gasteiger partial charge in [0, 0.05) is 19.6 Å². The predicted molar refractivity (Wildman–Crippen MR) is 73.5 cm³/mol. The Balaban J connectivity index is 2.11. The van der Waals surface area contributed by atoms with Crippen molar-refractivity contribution in [1.82, 2.24) is 9.80 Å². The van der Waals surface area contributed by atoms with Crippen LogP contribution in [0.5, 0.6) is 0 Å². The van der Waals surface area contributed by atoms with Crippen molar-refractivity contribution in [3.63, 3.8) is 0 Å². The van der Waals surface area contributed by atoms with Gasteiger partial charge in [-0.25, -0.2) is 9.59 Å². The van der Waals surface area contributed by atoms with E-state index in [9.17, 15) is 14.7 Å². The molecule has 2 aliphatic rings. The summed E-state index contributed by atoms with van der Waals surface area (Å²) >= 11 is 0. The highest BCUT2D eigenvalue weighted by Gasteiger charge is 2.40. The largest absolute Gasteiger partial charge is 0.480 e. The molecule has 0 aromatic carbocycles. The first kappa shape index (κ1) is 15.1. The van der Waals surface area contributed by atoms with Gasteiger partial charge in [-0.3, -0.25) is 0 Å². The Kier molecular flexibility index (Phi) is 4.52. The third-order valence-corrected chi connectivity index (χ3v) is 4.12. The van der Waals surface area contributed by atoms with Crippen LogP contribution >= 0.6 is 0 Å². The molecule has 2 saturated heterocycles. The molecule has 4 atom stereocenters. The molecule has 2 amide bonds. The first-order valence-corrected chi connectivity index (χ1v) is 7.34. The quantitative estimate of drug-likeness (QED) is 0.790. The van der Waals surface area contributed by atoms with Gasteiger partial charge in [0.25, 0.3) is 0 Å². The maximum atomic E-state index is 12.6. The molecular weight excluding hydrogens is 260 g/mol. The summed E-state index contributed by atoms with van der Waals surface area (Å²) in [5.74, 6) is -0.902. The van der Waals surface area contributed by atoms with Crippen molar-refractivity contribution in [2.24, 2.45) is 5.92 Å². The summed E-state index contributed by atoms with van der Waals surface area (Å²) in [6.07, 6.45) is 1.71. The van der Waals surface area contributed by atoms with E-state index in [1.807, 2.05) is 20.8 Å². The van der Waals surface area contributed by atoms with Crippen molar-refractivity contribution in [3.05, 3.63) is 0 Å². The van der Waals surface area contributed by atoms with Crippen LogP contribution in [0.25, 0.3) is 0 Å². The van der Waals surface area contributed by atoms with Crippen molar-refractivity contribution >= 4 is 12.0 Å². The monoisotopic (exact) mass is 284 g/mol. The summed E-state index contributed by atoms with van der Waals surface area (Å²) in [5, 5.41) is 9.39. The zero-order valence-corrected chi connectivity index (χ0v) is 12.4. The first-order valence-electron chi connectivity index (χ1n) is 7.34. The highest BCUT2D eigenvalue weighted by molar-refractivity contribution is 5.83. The van der Waals surface area contributed by atoms with Crippen LogP contribution in [0, 0.1) is 5.92 Å². The number of carboxylic acids is 1. The summed E-state index contributed by atoms with van der Waals surface area (Å²) in [6.45, 7) is 7.36. The van der Waals surface area contributed by atoms with Crippen LogP contribution < -0.4 is 0 Å². The second-order valence-corrected chi connectivity index (χ2v) is 6.04. The molecule has 6 heteroatoms. The van der Waals surface area contributed by atoms with Crippen molar-refractivity contribution in [2.45, 2.75) is 51.9 Å². The van der Waals surface area contributed by atoms with Gasteiger partial charge >= 0.3 is 12.0 Å². The molecule has 20 heavy (non-hydrogen) atoms. The van der Waals surface area contributed by atoms with Crippen LogP contribution in [0.4, 0.5) is 4.79 Å². The molecular formula is C14H24N2O4. The number of carbonyl (C=O) groups excluding carboxylic acids is 1. The third-order valence-electron chi connectivity index (χ3n) is 4.12. The minimum atomic E-state index is -0.903. The average Bonchev–Trinajstić information content (AvgIpc) is 2.35. The molecule has 2 aliphatic heterocycles. The third kappa shape index (κ3) is 3.06. The van der Waals surface area contributed by atoms with Crippen LogP contribution in [-0.4, -0.2) is 64.8 Å². The Labute approximate surface area is 119 Å². The minimum absolute atomic E-state index is 0.00101. The number of rotatable bonds is 1. The van der Waals surface area contributed by atoms with Crippen molar-refractivity contribution in [2.75, 3.05) is 19.6 Å². The number of piperidine rings is 1. The van der Waals surface area contributed by atoms with E-state index in [-0.39, 0.29) is 24.2 Å². The minimum Gasteiger partial charge on any atom is -0.480 e. The molecule has 2 rings (SSSR count). The first-order chi connectivity index (χ1) is 9.40. The number of carboxylic acid groups (broad SMARTS) is 1. The Morgan fingerprint density at radius 1 is 1.15 bits per heavy atom. The number of ether oxygens (including phenoxy) is 1. The zero-order chi connectivity index (χ0) is 14.9. The SMILES string of the molecule is CC1CN(C(=O)N2CCCC(C)C2C(=O)O)CC(C)O1. The van der Waals surface area contributed by atoms with Crippen LogP contribution in [-0.2, 0) is 9.53 Å². The van der Waals surface area contributed by atoms with Gasteiger partial charge in [-0.15, -0.1) is 0 Å². The lowest BCUT2D eigenvalue weighted by atomic mass is 9.91. The molecule has 0 saturated carbocycles. The van der Waals surface area contributed by atoms with Gasteiger partial charge in [0.2, 0.25) is 0 Å². The van der Waals surface area contributed by atoms with E-state index in [2.05, 4.69) is 0 Å². The maximum Gasteiger partial charge on any atom is 0.326 e. The van der Waals surface area contributed by atoms with E-state index in [1.165, 1.54) is 4.90 Å². The number of nitrogens with zero attached hydrogens (tertiary/aromatic N) is 2. The number of morpholine rings is 1. The molecule has 0 spiro atoms. The van der Waals surface area contributed by atoms with E-state index in [1.54, 1.807) is 4.90 Å². The van der Waals surface area contributed by atoms with E-state index >= 15 is 0 Å². The summed E-state index contributed by atoms with van der Waals surface area (Å²) in [5.41, 5.74) is 0. The fraction of sp³-hybridized carbons (Fsp3) is 0.857.